The zero-order chi connectivity index (χ0) is 21.7. The summed E-state index contributed by atoms with van der Waals surface area (Å²) in [6.45, 7) is 5.18. The molecule has 1 aromatic heterocycles. The van der Waals surface area contributed by atoms with Gasteiger partial charge in [0.05, 0.1) is 6.61 Å². The Morgan fingerprint density at radius 3 is 2.60 bits per heavy atom. The van der Waals surface area contributed by atoms with Crippen molar-refractivity contribution in [1.29, 1.82) is 0 Å². The molecule has 0 bridgehead atoms. The van der Waals surface area contributed by atoms with Crippen LogP contribution in [0.1, 0.15) is 36.8 Å². The smallest absolute Gasteiger partial charge is 0.433 e. The second kappa shape index (κ2) is 9.32. The quantitative estimate of drug-likeness (QED) is 0.768. The fourth-order valence-electron chi connectivity index (χ4n) is 3.50. The van der Waals surface area contributed by atoms with Gasteiger partial charge < -0.3 is 15.0 Å². The van der Waals surface area contributed by atoms with Gasteiger partial charge in [-0.3, -0.25) is 4.79 Å². The molecule has 0 spiro atoms. The highest BCUT2D eigenvalue weighted by Gasteiger charge is 2.34. The first-order valence-electron chi connectivity index (χ1n) is 9.94. The predicted molar refractivity (Wildman–Crippen MR) is 106 cm³/mol. The van der Waals surface area contributed by atoms with Crippen LogP contribution in [0, 0.1) is 12.8 Å². The van der Waals surface area contributed by atoms with Gasteiger partial charge >= 0.3 is 6.18 Å². The number of hydrogen-bond acceptors (Lipinski definition) is 5. The molecule has 1 aliphatic heterocycles. The molecule has 6 nitrogen and oxygen atoms in total. The largest absolute Gasteiger partial charge is 0.494 e. The SMILES string of the molecule is CCOc1ccccc1CNC(=O)C1CCN(c2cc(C(F)(F)F)nc(C)n2)CC1. The summed E-state index contributed by atoms with van der Waals surface area (Å²) in [6, 6.07) is 8.51. The maximum absolute atomic E-state index is 13.0. The molecule has 30 heavy (non-hydrogen) atoms. The standard InChI is InChI=1S/C21H25F3N4O2/c1-3-30-17-7-5-4-6-16(17)13-25-20(29)15-8-10-28(11-9-15)19-12-18(21(22,23)24)26-14(2)27-19/h4-7,12,15H,3,8-11,13H2,1-2H3,(H,25,29). The first kappa shape index (κ1) is 21.9. The van der Waals surface area contributed by atoms with Crippen LogP contribution in [0.2, 0.25) is 0 Å². The van der Waals surface area contributed by atoms with E-state index in [1.54, 1.807) is 4.90 Å². The first-order valence-corrected chi connectivity index (χ1v) is 9.94. The number of ether oxygens (including phenoxy) is 1. The van der Waals surface area contributed by atoms with Gasteiger partial charge in [-0.25, -0.2) is 9.97 Å². The Labute approximate surface area is 173 Å². The molecule has 2 aromatic rings. The van der Waals surface area contributed by atoms with Crippen molar-refractivity contribution < 1.29 is 22.7 Å². The Bertz CT molecular complexity index is 881. The summed E-state index contributed by atoms with van der Waals surface area (Å²) in [6.07, 6.45) is -3.43. The molecular weight excluding hydrogens is 397 g/mol. The molecule has 0 radical (unpaired) electrons. The van der Waals surface area contributed by atoms with Gasteiger partial charge in [0.2, 0.25) is 5.91 Å². The van der Waals surface area contributed by atoms with E-state index in [0.29, 0.717) is 39.1 Å². The fourth-order valence-corrected chi connectivity index (χ4v) is 3.50. The molecule has 1 fully saturated rings. The van der Waals surface area contributed by atoms with E-state index in [1.165, 1.54) is 6.92 Å². The molecule has 1 amide bonds. The van der Waals surface area contributed by atoms with E-state index in [0.717, 1.165) is 17.4 Å². The molecule has 1 aliphatic rings. The topological polar surface area (TPSA) is 67.3 Å². The van der Waals surface area contributed by atoms with Crippen molar-refractivity contribution in [2.24, 2.45) is 5.92 Å². The van der Waals surface area contributed by atoms with Gasteiger partial charge in [-0.15, -0.1) is 0 Å². The monoisotopic (exact) mass is 422 g/mol. The number of alkyl halides is 3. The van der Waals surface area contributed by atoms with Gasteiger partial charge in [0.15, 0.2) is 0 Å². The van der Waals surface area contributed by atoms with Gasteiger partial charge in [-0.1, -0.05) is 18.2 Å². The Balaban J connectivity index is 1.57. The Kier molecular flexibility index (Phi) is 6.79. The second-order valence-corrected chi connectivity index (χ2v) is 7.18. The lowest BCUT2D eigenvalue weighted by atomic mass is 9.95. The lowest BCUT2D eigenvalue weighted by molar-refractivity contribution is -0.141. The Morgan fingerprint density at radius 1 is 1.23 bits per heavy atom. The number of halogens is 3. The van der Waals surface area contributed by atoms with Crippen LogP contribution in [0.4, 0.5) is 19.0 Å². The lowest BCUT2D eigenvalue weighted by Crippen LogP contribution is -2.41. The molecule has 162 valence electrons. The van der Waals surface area contributed by atoms with E-state index < -0.39 is 11.9 Å². The Morgan fingerprint density at radius 2 is 1.93 bits per heavy atom. The van der Waals surface area contributed by atoms with Crippen LogP contribution >= 0.6 is 0 Å². The van der Waals surface area contributed by atoms with E-state index in [4.69, 9.17) is 4.74 Å². The van der Waals surface area contributed by atoms with Crippen molar-refractivity contribution in [1.82, 2.24) is 15.3 Å². The van der Waals surface area contributed by atoms with Gasteiger partial charge in [-0.05, 0) is 32.8 Å². The fraction of sp³-hybridized carbons (Fsp3) is 0.476. The number of anilines is 1. The summed E-state index contributed by atoms with van der Waals surface area (Å²) < 4.78 is 44.6. The van der Waals surface area contributed by atoms with E-state index >= 15 is 0 Å². The second-order valence-electron chi connectivity index (χ2n) is 7.18. The number of carbonyl (C=O) groups excluding carboxylic acids is 1. The van der Waals surface area contributed by atoms with Crippen LogP contribution in [-0.2, 0) is 17.5 Å². The third-order valence-corrected chi connectivity index (χ3v) is 5.03. The van der Waals surface area contributed by atoms with Gasteiger partial charge in [-0.2, -0.15) is 13.2 Å². The molecule has 0 atom stereocenters. The van der Waals surface area contributed by atoms with Crippen LogP contribution < -0.4 is 15.0 Å². The third-order valence-electron chi connectivity index (χ3n) is 5.03. The molecule has 0 saturated carbocycles. The number of nitrogens with one attached hydrogen (secondary N) is 1. The molecule has 1 N–H and O–H groups in total. The maximum Gasteiger partial charge on any atom is 0.433 e. The number of carbonyl (C=O) groups is 1. The minimum atomic E-state index is -4.52. The van der Waals surface area contributed by atoms with Crippen molar-refractivity contribution in [2.45, 2.75) is 39.4 Å². The van der Waals surface area contributed by atoms with Crippen molar-refractivity contribution in [3.8, 4) is 5.75 Å². The molecule has 0 aliphatic carbocycles. The van der Waals surface area contributed by atoms with Gasteiger partial charge in [0.1, 0.15) is 23.1 Å². The van der Waals surface area contributed by atoms with Crippen LogP contribution in [0.5, 0.6) is 5.75 Å². The number of piperidine rings is 1. The molecule has 1 saturated heterocycles. The number of amides is 1. The number of aromatic nitrogens is 2. The summed E-state index contributed by atoms with van der Waals surface area (Å²) in [5.41, 5.74) is -0.0425. The first-order chi connectivity index (χ1) is 14.3. The van der Waals surface area contributed by atoms with Crippen molar-refractivity contribution in [3.05, 3.63) is 47.4 Å². The highest BCUT2D eigenvalue weighted by molar-refractivity contribution is 5.79. The summed E-state index contributed by atoms with van der Waals surface area (Å²) >= 11 is 0. The lowest BCUT2D eigenvalue weighted by Gasteiger charge is -2.32. The van der Waals surface area contributed by atoms with Crippen LogP contribution in [0.15, 0.2) is 30.3 Å². The highest BCUT2D eigenvalue weighted by Crippen LogP contribution is 2.31. The van der Waals surface area contributed by atoms with E-state index in [-0.39, 0.29) is 23.5 Å². The van der Waals surface area contributed by atoms with E-state index in [2.05, 4.69) is 15.3 Å². The Hall–Kier alpha value is -2.84. The number of rotatable bonds is 6. The van der Waals surface area contributed by atoms with Crippen LogP contribution in [0.3, 0.4) is 0 Å². The van der Waals surface area contributed by atoms with Gasteiger partial charge in [0.25, 0.3) is 0 Å². The summed E-state index contributed by atoms with van der Waals surface area (Å²) in [7, 11) is 0. The molecule has 3 rings (SSSR count). The molecular formula is C21H25F3N4O2. The van der Waals surface area contributed by atoms with Crippen molar-refractivity contribution in [3.63, 3.8) is 0 Å². The number of benzene rings is 1. The number of para-hydroxylation sites is 1. The molecule has 1 aromatic carbocycles. The zero-order valence-electron chi connectivity index (χ0n) is 17.0. The number of hydrogen-bond donors (Lipinski definition) is 1. The maximum atomic E-state index is 13.0. The van der Waals surface area contributed by atoms with Crippen LogP contribution in [0.25, 0.3) is 0 Å². The summed E-state index contributed by atoms with van der Waals surface area (Å²) in [5.74, 6) is 0.822. The average Bonchev–Trinajstić information content (AvgIpc) is 2.72. The van der Waals surface area contributed by atoms with Crippen LogP contribution in [-0.4, -0.2) is 35.6 Å². The normalized spacial score (nSPS) is 15.2. The number of nitrogens with zero attached hydrogens (tertiary/aromatic N) is 3. The predicted octanol–water partition coefficient (Wildman–Crippen LogP) is 3.74. The van der Waals surface area contributed by atoms with Crippen molar-refractivity contribution >= 4 is 11.7 Å². The van der Waals surface area contributed by atoms with Crippen molar-refractivity contribution in [2.75, 3.05) is 24.6 Å². The number of aryl methyl sites for hydroxylation is 1. The minimum Gasteiger partial charge on any atom is -0.494 e. The van der Waals surface area contributed by atoms with E-state index in [9.17, 15) is 18.0 Å². The highest BCUT2D eigenvalue weighted by atomic mass is 19.4. The molecule has 9 heteroatoms. The summed E-state index contributed by atoms with van der Waals surface area (Å²) in [5, 5.41) is 2.95. The minimum absolute atomic E-state index is 0.0594. The average molecular weight is 422 g/mol. The van der Waals surface area contributed by atoms with E-state index in [1.807, 2.05) is 31.2 Å². The van der Waals surface area contributed by atoms with Gasteiger partial charge in [0, 0.05) is 37.2 Å². The molecule has 2 heterocycles. The zero-order valence-corrected chi connectivity index (χ0v) is 17.0. The third kappa shape index (κ3) is 5.40. The molecule has 0 unspecified atom stereocenters. The summed E-state index contributed by atoms with van der Waals surface area (Å²) in [4.78, 5) is 22.0.